The molecule has 0 bridgehead atoms. The van der Waals surface area contributed by atoms with E-state index in [2.05, 4.69) is 15.1 Å². The summed E-state index contributed by atoms with van der Waals surface area (Å²) in [6.45, 7) is 0. The molecule has 3 N–H and O–H groups in total. The number of phenolic OH excluding ortho intramolecular Hbond substituents is 1. The highest BCUT2D eigenvalue weighted by Crippen LogP contribution is 2.25. The molecule has 28 heavy (non-hydrogen) atoms. The van der Waals surface area contributed by atoms with E-state index in [1.165, 1.54) is 0 Å². The first-order valence-electron chi connectivity index (χ1n) is 7.82. The second-order valence-electron chi connectivity index (χ2n) is 5.60. The SMILES string of the molecule is O=C(O)C(F)(F)F.Oc1cccc(-c2cnn(-c3ccnc4[nH]ccc34)c2)c1. The van der Waals surface area contributed by atoms with E-state index in [9.17, 15) is 18.3 Å². The van der Waals surface area contributed by atoms with Crippen LogP contribution in [0.2, 0.25) is 0 Å². The Balaban J connectivity index is 0.000000279. The fraction of sp³-hybridized carbons (Fsp3) is 0.0556. The van der Waals surface area contributed by atoms with Crippen LogP contribution in [0.15, 0.2) is 61.2 Å². The van der Waals surface area contributed by atoms with Crippen LogP contribution in [0.25, 0.3) is 27.8 Å². The second-order valence-corrected chi connectivity index (χ2v) is 5.60. The molecule has 0 unspecified atom stereocenters. The van der Waals surface area contributed by atoms with E-state index in [4.69, 9.17) is 9.90 Å². The topological polar surface area (TPSA) is 104 Å². The number of rotatable bonds is 2. The molecular formula is C18H13F3N4O3. The number of benzene rings is 1. The van der Waals surface area contributed by atoms with Crippen LogP contribution in [0.3, 0.4) is 0 Å². The van der Waals surface area contributed by atoms with E-state index in [1.807, 2.05) is 41.3 Å². The number of nitrogens with zero attached hydrogens (tertiary/aromatic N) is 3. The van der Waals surface area contributed by atoms with Crippen molar-refractivity contribution in [2.24, 2.45) is 0 Å². The van der Waals surface area contributed by atoms with Gasteiger partial charge < -0.3 is 15.2 Å². The minimum Gasteiger partial charge on any atom is -0.508 e. The Morgan fingerprint density at radius 1 is 1.14 bits per heavy atom. The van der Waals surface area contributed by atoms with E-state index < -0.39 is 12.1 Å². The number of aliphatic carboxylic acids is 1. The highest BCUT2D eigenvalue weighted by atomic mass is 19.4. The Kier molecular flexibility index (Phi) is 5.03. The summed E-state index contributed by atoms with van der Waals surface area (Å²) < 4.78 is 33.6. The van der Waals surface area contributed by atoms with Gasteiger partial charge in [0, 0.05) is 29.5 Å². The van der Waals surface area contributed by atoms with Crippen molar-refractivity contribution < 1.29 is 28.2 Å². The van der Waals surface area contributed by atoms with Crippen molar-refractivity contribution in [1.29, 1.82) is 0 Å². The van der Waals surface area contributed by atoms with E-state index in [1.54, 1.807) is 24.5 Å². The number of aromatic hydroxyl groups is 1. The van der Waals surface area contributed by atoms with Gasteiger partial charge in [-0.2, -0.15) is 18.3 Å². The average Bonchev–Trinajstić information content (AvgIpc) is 3.31. The predicted octanol–water partition coefficient (Wildman–Crippen LogP) is 3.75. The van der Waals surface area contributed by atoms with Crippen molar-refractivity contribution in [3.8, 4) is 22.6 Å². The molecule has 0 atom stereocenters. The maximum atomic E-state index is 10.6. The third kappa shape index (κ3) is 4.11. The van der Waals surface area contributed by atoms with Gasteiger partial charge in [-0.05, 0) is 29.8 Å². The van der Waals surface area contributed by atoms with Gasteiger partial charge in [-0.25, -0.2) is 14.5 Å². The Morgan fingerprint density at radius 3 is 2.57 bits per heavy atom. The number of aromatic nitrogens is 4. The van der Waals surface area contributed by atoms with Crippen molar-refractivity contribution in [1.82, 2.24) is 19.7 Å². The molecule has 3 aromatic heterocycles. The Labute approximate surface area is 155 Å². The van der Waals surface area contributed by atoms with E-state index in [0.29, 0.717) is 0 Å². The summed E-state index contributed by atoms with van der Waals surface area (Å²) >= 11 is 0. The smallest absolute Gasteiger partial charge is 0.490 e. The first-order chi connectivity index (χ1) is 13.3. The number of carboxylic acids is 1. The van der Waals surface area contributed by atoms with Gasteiger partial charge in [0.15, 0.2) is 0 Å². The minimum atomic E-state index is -5.08. The van der Waals surface area contributed by atoms with Crippen molar-refractivity contribution in [3.63, 3.8) is 0 Å². The molecule has 3 heterocycles. The lowest BCUT2D eigenvalue weighted by atomic mass is 10.1. The Bertz CT molecular complexity index is 1120. The third-order valence-corrected chi connectivity index (χ3v) is 3.69. The zero-order valence-corrected chi connectivity index (χ0v) is 14.1. The van der Waals surface area contributed by atoms with Crippen LogP contribution in [0.4, 0.5) is 13.2 Å². The maximum absolute atomic E-state index is 10.6. The number of H-pyrrole nitrogens is 1. The van der Waals surface area contributed by atoms with Crippen LogP contribution >= 0.6 is 0 Å². The van der Waals surface area contributed by atoms with Crippen LogP contribution in [0.1, 0.15) is 0 Å². The number of aromatic amines is 1. The Hall–Kier alpha value is -3.82. The molecular weight excluding hydrogens is 377 g/mol. The van der Waals surface area contributed by atoms with E-state index in [0.717, 1.165) is 27.8 Å². The van der Waals surface area contributed by atoms with Crippen molar-refractivity contribution in [2.75, 3.05) is 0 Å². The van der Waals surface area contributed by atoms with Gasteiger partial charge in [0.1, 0.15) is 11.4 Å². The van der Waals surface area contributed by atoms with Crippen molar-refractivity contribution in [3.05, 3.63) is 61.2 Å². The van der Waals surface area contributed by atoms with Crippen LogP contribution in [0.5, 0.6) is 5.75 Å². The summed E-state index contributed by atoms with van der Waals surface area (Å²) in [5, 5.41) is 22.1. The van der Waals surface area contributed by atoms with Crippen LogP contribution in [-0.2, 0) is 4.79 Å². The van der Waals surface area contributed by atoms with Gasteiger partial charge in [0.25, 0.3) is 0 Å². The number of carbonyl (C=O) groups is 1. The lowest BCUT2D eigenvalue weighted by Crippen LogP contribution is -2.21. The number of hydrogen-bond donors (Lipinski definition) is 3. The standard InChI is InChI=1S/C16H12N4O.C2HF3O2/c21-13-3-1-2-11(8-13)12-9-19-20(10-12)15-5-7-18-16-14(15)4-6-17-16;3-2(4,5)1(6)7/h1-10,21H,(H,17,18);(H,6,7). The minimum absolute atomic E-state index is 0.247. The molecule has 0 radical (unpaired) electrons. The van der Waals surface area contributed by atoms with Gasteiger partial charge in [-0.3, -0.25) is 0 Å². The monoisotopic (exact) mass is 390 g/mol. The molecule has 4 aromatic rings. The summed E-state index contributed by atoms with van der Waals surface area (Å²) in [6, 6.07) is 11.0. The van der Waals surface area contributed by atoms with Gasteiger partial charge in [-0.1, -0.05) is 12.1 Å². The number of hydrogen-bond acceptors (Lipinski definition) is 4. The zero-order chi connectivity index (χ0) is 20.3. The molecule has 0 saturated carbocycles. The molecule has 0 spiro atoms. The highest BCUT2D eigenvalue weighted by Gasteiger charge is 2.38. The molecule has 7 nitrogen and oxygen atoms in total. The maximum Gasteiger partial charge on any atom is 0.490 e. The fourth-order valence-electron chi connectivity index (χ4n) is 2.44. The number of alkyl halides is 3. The molecule has 1 aromatic carbocycles. The van der Waals surface area contributed by atoms with Crippen LogP contribution in [0, 0.1) is 0 Å². The van der Waals surface area contributed by atoms with Crippen LogP contribution < -0.4 is 0 Å². The number of carboxylic acid groups (broad SMARTS) is 1. The first kappa shape index (κ1) is 19.0. The number of pyridine rings is 1. The predicted molar refractivity (Wildman–Crippen MR) is 94.0 cm³/mol. The first-order valence-corrected chi connectivity index (χ1v) is 7.82. The highest BCUT2D eigenvalue weighted by molar-refractivity contribution is 5.84. The molecule has 10 heteroatoms. The van der Waals surface area contributed by atoms with E-state index >= 15 is 0 Å². The third-order valence-electron chi connectivity index (χ3n) is 3.69. The van der Waals surface area contributed by atoms with Crippen molar-refractivity contribution in [2.45, 2.75) is 6.18 Å². The van der Waals surface area contributed by atoms with Gasteiger partial charge in [0.2, 0.25) is 0 Å². The molecule has 144 valence electrons. The van der Waals surface area contributed by atoms with Gasteiger partial charge >= 0.3 is 12.1 Å². The lowest BCUT2D eigenvalue weighted by Gasteiger charge is -2.02. The summed E-state index contributed by atoms with van der Waals surface area (Å²) in [7, 11) is 0. The normalized spacial score (nSPS) is 11.1. The summed E-state index contributed by atoms with van der Waals surface area (Å²) in [4.78, 5) is 16.3. The molecule has 0 aliphatic rings. The second kappa shape index (κ2) is 7.43. The van der Waals surface area contributed by atoms with Gasteiger partial charge in [-0.15, -0.1) is 0 Å². The average molecular weight is 390 g/mol. The number of halogens is 3. The number of nitrogens with one attached hydrogen (secondary N) is 1. The van der Waals surface area contributed by atoms with E-state index in [-0.39, 0.29) is 5.75 Å². The Morgan fingerprint density at radius 2 is 1.89 bits per heavy atom. The quantitative estimate of drug-likeness (QED) is 0.484. The molecule has 0 fully saturated rings. The van der Waals surface area contributed by atoms with Crippen LogP contribution in [-0.4, -0.2) is 42.1 Å². The fourth-order valence-corrected chi connectivity index (χ4v) is 2.44. The van der Waals surface area contributed by atoms with Gasteiger partial charge in [0.05, 0.1) is 11.9 Å². The molecule has 0 amide bonds. The molecule has 0 aliphatic carbocycles. The molecule has 4 rings (SSSR count). The zero-order valence-electron chi connectivity index (χ0n) is 14.1. The van der Waals surface area contributed by atoms with Crippen molar-refractivity contribution >= 4 is 17.0 Å². The number of fused-ring (bicyclic) bond motifs is 1. The molecule has 0 aliphatic heterocycles. The molecule has 0 saturated heterocycles. The number of phenols is 1. The summed E-state index contributed by atoms with van der Waals surface area (Å²) in [6.07, 6.45) is 2.26. The summed E-state index contributed by atoms with van der Waals surface area (Å²) in [5.41, 5.74) is 3.68. The lowest BCUT2D eigenvalue weighted by molar-refractivity contribution is -0.192. The largest absolute Gasteiger partial charge is 0.508 e. The summed E-state index contributed by atoms with van der Waals surface area (Å²) in [5.74, 6) is -2.51.